The van der Waals surface area contributed by atoms with Crippen LogP contribution in [0.3, 0.4) is 0 Å². The third-order valence-electron chi connectivity index (χ3n) is 7.35. The van der Waals surface area contributed by atoms with E-state index in [1.165, 1.54) is 21.4 Å². The molecular weight excluding hydrogens is 466 g/mol. The van der Waals surface area contributed by atoms with Gasteiger partial charge in [0.25, 0.3) is 5.91 Å². The molecule has 1 fully saturated rings. The molecule has 0 unspecified atom stereocenters. The number of rotatable bonds is 5. The van der Waals surface area contributed by atoms with Crippen molar-refractivity contribution in [1.82, 2.24) is 19.8 Å². The van der Waals surface area contributed by atoms with Crippen LogP contribution in [0.15, 0.2) is 60.7 Å². The third-order valence-corrected chi connectivity index (χ3v) is 8.46. The summed E-state index contributed by atoms with van der Waals surface area (Å²) in [5, 5.41) is 1.24. The van der Waals surface area contributed by atoms with Gasteiger partial charge in [-0.3, -0.25) is 9.69 Å². The van der Waals surface area contributed by atoms with Gasteiger partial charge in [-0.2, -0.15) is 0 Å². The third kappa shape index (κ3) is 4.49. The number of nitrogens with zero attached hydrogens (tertiary/aromatic N) is 5. The van der Waals surface area contributed by atoms with Gasteiger partial charge in [-0.15, -0.1) is 11.3 Å². The molecule has 4 heterocycles. The van der Waals surface area contributed by atoms with Crippen molar-refractivity contribution in [2.24, 2.45) is 0 Å². The van der Waals surface area contributed by atoms with Crippen molar-refractivity contribution in [1.29, 1.82) is 0 Å². The lowest BCUT2D eigenvalue weighted by Gasteiger charge is -2.36. The van der Waals surface area contributed by atoms with E-state index >= 15 is 0 Å². The largest absolute Gasteiger partial charge is 0.352 e. The average molecular weight is 498 g/mol. The first-order valence-electron chi connectivity index (χ1n) is 12.9. The maximum absolute atomic E-state index is 13.0. The molecule has 184 valence electrons. The molecule has 36 heavy (non-hydrogen) atoms. The first-order valence-corrected chi connectivity index (χ1v) is 13.7. The van der Waals surface area contributed by atoms with Crippen molar-refractivity contribution in [3.05, 3.63) is 88.1 Å². The van der Waals surface area contributed by atoms with Crippen molar-refractivity contribution in [3.8, 4) is 0 Å². The van der Waals surface area contributed by atoms with E-state index in [9.17, 15) is 4.79 Å². The molecule has 1 amide bonds. The summed E-state index contributed by atoms with van der Waals surface area (Å²) < 4.78 is 0. The number of carbonyl (C=O) groups is 1. The topological polar surface area (TPSA) is 52.6 Å². The molecule has 0 spiro atoms. The van der Waals surface area contributed by atoms with Crippen LogP contribution in [0.1, 0.15) is 39.1 Å². The average Bonchev–Trinajstić information content (AvgIpc) is 3.31. The van der Waals surface area contributed by atoms with Crippen molar-refractivity contribution < 1.29 is 4.79 Å². The number of aromatic nitrogens is 2. The van der Waals surface area contributed by atoms with Crippen LogP contribution >= 0.6 is 11.3 Å². The maximum atomic E-state index is 13.0. The van der Waals surface area contributed by atoms with E-state index in [-0.39, 0.29) is 5.91 Å². The zero-order chi connectivity index (χ0) is 24.5. The Kier molecular flexibility index (Phi) is 6.42. The Labute approximate surface area is 216 Å². The molecule has 0 aliphatic carbocycles. The van der Waals surface area contributed by atoms with Crippen molar-refractivity contribution in [2.75, 3.05) is 44.2 Å². The van der Waals surface area contributed by atoms with Crippen LogP contribution in [0.25, 0.3) is 10.2 Å². The summed E-state index contributed by atoms with van der Waals surface area (Å²) in [6.07, 6.45) is 1.77. The predicted octanol–water partition coefficient (Wildman–Crippen LogP) is 4.62. The van der Waals surface area contributed by atoms with Crippen molar-refractivity contribution in [2.45, 2.75) is 26.3 Å². The highest BCUT2D eigenvalue weighted by Crippen LogP contribution is 2.39. The number of thiophene rings is 1. The summed E-state index contributed by atoms with van der Waals surface area (Å²) in [7, 11) is 0. The molecule has 0 N–H and O–H groups in total. The minimum absolute atomic E-state index is 0.112. The van der Waals surface area contributed by atoms with Gasteiger partial charge in [0.05, 0.1) is 5.39 Å². The highest BCUT2D eigenvalue weighted by molar-refractivity contribution is 7.19. The Balaban J connectivity index is 1.32. The zero-order valence-corrected chi connectivity index (χ0v) is 21.5. The van der Waals surface area contributed by atoms with E-state index in [4.69, 9.17) is 9.97 Å². The number of piperazine rings is 1. The molecule has 2 aromatic carbocycles. The van der Waals surface area contributed by atoms with Gasteiger partial charge in [0.2, 0.25) is 0 Å². The lowest BCUT2D eigenvalue weighted by Crippen LogP contribution is -2.49. The van der Waals surface area contributed by atoms with Crippen LogP contribution in [-0.2, 0) is 19.4 Å². The van der Waals surface area contributed by atoms with Gasteiger partial charge in [-0.25, -0.2) is 9.97 Å². The second-order valence-electron chi connectivity index (χ2n) is 9.57. The molecular formula is C29H31N5OS. The molecule has 0 radical (unpaired) electrons. The molecule has 0 atom stereocenters. The molecule has 6 nitrogen and oxygen atoms in total. The van der Waals surface area contributed by atoms with Crippen molar-refractivity contribution >= 4 is 33.3 Å². The standard InChI is InChI=1S/C29H31N5OS/c1-2-32-14-13-23-24(20-32)36-28-26(23)27(30-25(31-28)19-21-9-5-3-6-10-21)33-15-17-34(18-16-33)29(35)22-11-7-4-8-12-22/h3-12H,2,13-20H2,1H3. The lowest BCUT2D eigenvalue weighted by atomic mass is 10.0. The summed E-state index contributed by atoms with van der Waals surface area (Å²) in [4.78, 5) is 32.6. The summed E-state index contributed by atoms with van der Waals surface area (Å²) in [5.41, 5.74) is 3.41. The van der Waals surface area contributed by atoms with Crippen LogP contribution in [0.5, 0.6) is 0 Å². The van der Waals surface area contributed by atoms with E-state index in [2.05, 4.69) is 41.0 Å². The van der Waals surface area contributed by atoms with E-state index in [1.807, 2.05) is 52.6 Å². The fourth-order valence-corrected chi connectivity index (χ4v) is 6.59. The van der Waals surface area contributed by atoms with Gasteiger partial charge in [-0.05, 0) is 36.2 Å². The maximum Gasteiger partial charge on any atom is 0.253 e. The molecule has 0 saturated carbocycles. The van der Waals surface area contributed by atoms with Crippen LogP contribution in [-0.4, -0.2) is 64.9 Å². The molecule has 0 bridgehead atoms. The van der Waals surface area contributed by atoms with E-state index in [0.717, 1.165) is 67.6 Å². The Morgan fingerprint density at radius 1 is 0.917 bits per heavy atom. The van der Waals surface area contributed by atoms with Crippen LogP contribution in [0.2, 0.25) is 0 Å². The highest BCUT2D eigenvalue weighted by Gasteiger charge is 2.29. The summed E-state index contributed by atoms with van der Waals surface area (Å²) in [5.74, 6) is 2.04. The summed E-state index contributed by atoms with van der Waals surface area (Å²) in [6.45, 7) is 8.34. The van der Waals surface area contributed by atoms with E-state index < -0.39 is 0 Å². The minimum Gasteiger partial charge on any atom is -0.352 e. The van der Waals surface area contributed by atoms with Gasteiger partial charge in [0.1, 0.15) is 16.5 Å². The smallest absolute Gasteiger partial charge is 0.253 e. The highest BCUT2D eigenvalue weighted by atomic mass is 32.1. The number of benzene rings is 2. The SMILES string of the molecule is CCN1CCc2c(sc3nc(Cc4ccccc4)nc(N4CCN(C(=O)c5ccccc5)CC4)c23)C1. The first-order chi connectivity index (χ1) is 17.7. The van der Waals surface area contributed by atoms with Gasteiger partial charge in [0, 0.05) is 56.1 Å². The molecule has 7 heteroatoms. The molecule has 6 rings (SSSR count). The Hall–Kier alpha value is -3.29. The summed E-state index contributed by atoms with van der Waals surface area (Å²) in [6, 6.07) is 20.1. The number of carbonyl (C=O) groups excluding carboxylic acids is 1. The number of amides is 1. The van der Waals surface area contributed by atoms with Crippen molar-refractivity contribution in [3.63, 3.8) is 0 Å². The Morgan fingerprint density at radius 3 is 2.36 bits per heavy atom. The van der Waals surface area contributed by atoms with E-state index in [1.54, 1.807) is 0 Å². The number of likely N-dealkylation sites (N-methyl/N-ethyl adjacent to an activating group) is 1. The number of hydrogen-bond acceptors (Lipinski definition) is 6. The molecule has 2 aliphatic heterocycles. The second-order valence-corrected chi connectivity index (χ2v) is 10.7. The van der Waals surface area contributed by atoms with Crippen LogP contribution < -0.4 is 4.90 Å². The number of anilines is 1. The lowest BCUT2D eigenvalue weighted by molar-refractivity contribution is 0.0746. The normalized spacial score (nSPS) is 16.4. The van der Waals surface area contributed by atoms with E-state index in [0.29, 0.717) is 13.1 Å². The molecule has 2 aromatic heterocycles. The molecule has 2 aliphatic rings. The second kappa shape index (κ2) is 9.99. The molecule has 1 saturated heterocycles. The van der Waals surface area contributed by atoms with Gasteiger partial charge in [0.15, 0.2) is 0 Å². The number of fused-ring (bicyclic) bond motifs is 3. The predicted molar refractivity (Wildman–Crippen MR) is 146 cm³/mol. The number of hydrogen-bond donors (Lipinski definition) is 0. The molecule has 4 aromatic rings. The van der Waals surface area contributed by atoms with Crippen LogP contribution in [0.4, 0.5) is 5.82 Å². The fourth-order valence-electron chi connectivity index (χ4n) is 5.31. The summed E-state index contributed by atoms with van der Waals surface area (Å²) >= 11 is 1.84. The quantitative estimate of drug-likeness (QED) is 0.403. The fraction of sp³-hybridized carbons (Fsp3) is 0.345. The minimum atomic E-state index is 0.112. The van der Waals surface area contributed by atoms with Gasteiger partial charge in [-0.1, -0.05) is 55.5 Å². The van der Waals surface area contributed by atoms with Gasteiger partial charge < -0.3 is 9.80 Å². The first kappa shape index (κ1) is 23.1. The van der Waals surface area contributed by atoms with Gasteiger partial charge >= 0.3 is 0 Å². The Morgan fingerprint density at radius 2 is 1.64 bits per heavy atom. The zero-order valence-electron chi connectivity index (χ0n) is 20.7. The Bertz CT molecular complexity index is 1360. The monoisotopic (exact) mass is 497 g/mol. The van der Waals surface area contributed by atoms with Crippen LogP contribution in [0, 0.1) is 0 Å².